The van der Waals surface area contributed by atoms with E-state index in [9.17, 15) is 9.00 Å². The van der Waals surface area contributed by atoms with E-state index < -0.39 is 16.8 Å². The summed E-state index contributed by atoms with van der Waals surface area (Å²) >= 11 is 0. The van der Waals surface area contributed by atoms with Gasteiger partial charge >= 0.3 is 5.97 Å². The number of unbranched alkanes of at least 4 members (excludes halogenated alkanes) is 2. The van der Waals surface area contributed by atoms with Crippen molar-refractivity contribution in [2.24, 2.45) is 0 Å². The lowest BCUT2D eigenvalue weighted by Crippen LogP contribution is -2.11. The molecule has 0 aromatic heterocycles. The van der Waals surface area contributed by atoms with Crippen LogP contribution in [0.3, 0.4) is 0 Å². The first-order valence-electron chi connectivity index (χ1n) is 7.01. The number of carbonyl (C=O) groups is 1. The molecule has 0 amide bonds. The van der Waals surface area contributed by atoms with Crippen molar-refractivity contribution in [2.45, 2.75) is 56.8 Å². The number of hydrogen-bond acceptors (Lipinski definition) is 2. The fourth-order valence-electron chi connectivity index (χ4n) is 1.91. The molecule has 0 radical (unpaired) electrons. The lowest BCUT2D eigenvalue weighted by atomic mass is 9.87. The van der Waals surface area contributed by atoms with E-state index >= 15 is 0 Å². The molecular weight excluding hydrogens is 272 g/mol. The minimum atomic E-state index is -0.980. The second kappa shape index (κ2) is 7.58. The lowest BCUT2D eigenvalue weighted by Gasteiger charge is -2.19. The van der Waals surface area contributed by atoms with Crippen molar-refractivity contribution >= 4 is 16.8 Å². The molecule has 112 valence electrons. The average molecular weight is 296 g/mol. The van der Waals surface area contributed by atoms with Gasteiger partial charge in [0.25, 0.3) is 0 Å². The van der Waals surface area contributed by atoms with Crippen LogP contribution in [-0.2, 0) is 21.0 Å². The minimum Gasteiger partial charge on any atom is -0.481 e. The summed E-state index contributed by atoms with van der Waals surface area (Å²) in [7, 11) is -0.980. The summed E-state index contributed by atoms with van der Waals surface area (Å²) in [6.45, 7) is 6.46. The molecule has 1 unspecified atom stereocenters. The maximum absolute atomic E-state index is 12.1. The van der Waals surface area contributed by atoms with E-state index in [1.165, 1.54) is 5.56 Å². The number of carboxylic acid groups (broad SMARTS) is 1. The van der Waals surface area contributed by atoms with Gasteiger partial charge in [0.2, 0.25) is 0 Å². The van der Waals surface area contributed by atoms with E-state index in [4.69, 9.17) is 5.11 Å². The first-order chi connectivity index (χ1) is 9.30. The molecule has 4 heteroatoms. The second-order valence-electron chi connectivity index (χ2n) is 6.03. The van der Waals surface area contributed by atoms with Gasteiger partial charge in [-0.2, -0.15) is 0 Å². The smallest absolute Gasteiger partial charge is 0.303 e. The molecule has 0 fully saturated rings. The molecule has 0 aliphatic carbocycles. The summed E-state index contributed by atoms with van der Waals surface area (Å²) in [5.74, 6) is -0.155. The molecule has 1 rings (SSSR count). The number of hydrogen-bond donors (Lipinski definition) is 1. The van der Waals surface area contributed by atoms with E-state index in [1.54, 1.807) is 0 Å². The second-order valence-corrected chi connectivity index (χ2v) is 7.60. The fraction of sp³-hybridized carbons (Fsp3) is 0.562. The van der Waals surface area contributed by atoms with Crippen LogP contribution in [0.1, 0.15) is 52.0 Å². The molecule has 0 saturated carbocycles. The summed E-state index contributed by atoms with van der Waals surface area (Å²) in [5.41, 5.74) is 1.34. The minimum absolute atomic E-state index is 0.108. The number of aliphatic carboxylic acids is 1. The molecule has 0 heterocycles. The highest BCUT2D eigenvalue weighted by molar-refractivity contribution is 7.85. The van der Waals surface area contributed by atoms with Crippen LogP contribution in [0, 0.1) is 0 Å². The van der Waals surface area contributed by atoms with E-state index in [2.05, 4.69) is 20.8 Å². The van der Waals surface area contributed by atoms with Crippen LogP contribution in [0.5, 0.6) is 0 Å². The van der Waals surface area contributed by atoms with E-state index in [0.717, 1.165) is 17.7 Å². The van der Waals surface area contributed by atoms with Gasteiger partial charge in [0.15, 0.2) is 0 Å². The van der Waals surface area contributed by atoms with Gasteiger partial charge in [0.1, 0.15) is 0 Å². The molecule has 20 heavy (non-hydrogen) atoms. The SMILES string of the molecule is CC(C)(C)c1ccc(S(=O)CCCCCC(=O)O)cc1. The van der Waals surface area contributed by atoms with Crippen molar-refractivity contribution < 1.29 is 14.1 Å². The standard InChI is InChI=1S/C16H24O3S/c1-16(2,3)13-8-10-14(11-9-13)20(19)12-6-4-5-7-15(17)18/h8-11H,4-7,12H2,1-3H3,(H,17,18). The van der Waals surface area contributed by atoms with Gasteiger partial charge in [-0.05, 0) is 36.0 Å². The van der Waals surface area contributed by atoms with Gasteiger partial charge in [-0.1, -0.05) is 39.3 Å². The molecule has 3 nitrogen and oxygen atoms in total. The van der Waals surface area contributed by atoms with Gasteiger partial charge in [-0.3, -0.25) is 9.00 Å². The summed E-state index contributed by atoms with van der Waals surface area (Å²) in [6, 6.07) is 7.96. The zero-order valence-corrected chi connectivity index (χ0v) is 13.3. The Labute approximate surface area is 123 Å². The van der Waals surface area contributed by atoms with Gasteiger partial charge in [-0.15, -0.1) is 0 Å². The summed E-state index contributed by atoms with van der Waals surface area (Å²) in [4.78, 5) is 11.2. The first-order valence-corrected chi connectivity index (χ1v) is 8.33. The molecule has 0 spiro atoms. The molecule has 1 aromatic carbocycles. The lowest BCUT2D eigenvalue weighted by molar-refractivity contribution is -0.137. The third-order valence-electron chi connectivity index (χ3n) is 3.20. The molecule has 1 N–H and O–H groups in total. The van der Waals surface area contributed by atoms with Gasteiger partial charge in [0, 0.05) is 17.1 Å². The largest absolute Gasteiger partial charge is 0.481 e. The predicted octanol–water partition coefficient (Wildman–Crippen LogP) is 3.74. The summed E-state index contributed by atoms with van der Waals surface area (Å²) in [5, 5.41) is 8.53. The highest BCUT2D eigenvalue weighted by Gasteiger charge is 2.13. The third-order valence-corrected chi connectivity index (χ3v) is 4.66. The van der Waals surface area contributed by atoms with Crippen molar-refractivity contribution in [1.29, 1.82) is 0 Å². The molecule has 0 bridgehead atoms. The van der Waals surface area contributed by atoms with E-state index in [1.807, 2.05) is 24.3 Å². The van der Waals surface area contributed by atoms with Crippen molar-refractivity contribution in [1.82, 2.24) is 0 Å². The zero-order chi connectivity index (χ0) is 15.2. The van der Waals surface area contributed by atoms with E-state index in [0.29, 0.717) is 12.2 Å². The van der Waals surface area contributed by atoms with Gasteiger partial charge in [0.05, 0.1) is 10.8 Å². The molecule has 1 atom stereocenters. The van der Waals surface area contributed by atoms with Crippen molar-refractivity contribution in [2.75, 3.05) is 5.75 Å². The predicted molar refractivity (Wildman–Crippen MR) is 82.5 cm³/mol. The third kappa shape index (κ3) is 5.87. The number of rotatable bonds is 7. The number of benzene rings is 1. The van der Waals surface area contributed by atoms with Crippen LogP contribution in [0.15, 0.2) is 29.2 Å². The highest BCUT2D eigenvalue weighted by Crippen LogP contribution is 2.23. The van der Waals surface area contributed by atoms with Gasteiger partial charge in [-0.25, -0.2) is 0 Å². The molecule has 0 saturated heterocycles. The van der Waals surface area contributed by atoms with E-state index in [-0.39, 0.29) is 11.8 Å². The average Bonchev–Trinajstić information content (AvgIpc) is 2.37. The number of carboxylic acids is 1. The Balaban J connectivity index is 2.42. The Morgan fingerprint density at radius 2 is 1.70 bits per heavy atom. The monoisotopic (exact) mass is 296 g/mol. The Bertz CT molecular complexity index is 458. The van der Waals surface area contributed by atoms with Crippen LogP contribution >= 0.6 is 0 Å². The topological polar surface area (TPSA) is 54.4 Å². The van der Waals surface area contributed by atoms with Gasteiger partial charge < -0.3 is 5.11 Å². The molecule has 0 aliphatic heterocycles. The van der Waals surface area contributed by atoms with Crippen molar-refractivity contribution in [3.8, 4) is 0 Å². The Morgan fingerprint density at radius 1 is 1.10 bits per heavy atom. The molecular formula is C16H24O3S. The fourth-order valence-corrected chi connectivity index (χ4v) is 3.05. The van der Waals surface area contributed by atoms with Crippen LogP contribution in [0.2, 0.25) is 0 Å². The first kappa shape index (κ1) is 16.9. The highest BCUT2D eigenvalue weighted by atomic mass is 32.2. The quantitative estimate of drug-likeness (QED) is 0.780. The van der Waals surface area contributed by atoms with Crippen LogP contribution in [0.4, 0.5) is 0 Å². The van der Waals surface area contributed by atoms with Crippen LogP contribution in [0.25, 0.3) is 0 Å². The Hall–Kier alpha value is -1.16. The normalized spacial score (nSPS) is 13.2. The van der Waals surface area contributed by atoms with Crippen molar-refractivity contribution in [3.05, 3.63) is 29.8 Å². The van der Waals surface area contributed by atoms with Crippen LogP contribution in [-0.4, -0.2) is 21.0 Å². The zero-order valence-electron chi connectivity index (χ0n) is 12.5. The summed E-state index contributed by atoms with van der Waals surface area (Å²) < 4.78 is 12.1. The summed E-state index contributed by atoms with van der Waals surface area (Å²) in [6.07, 6.45) is 2.49. The maximum Gasteiger partial charge on any atom is 0.303 e. The van der Waals surface area contributed by atoms with Crippen LogP contribution < -0.4 is 0 Å². The molecule has 0 aliphatic rings. The Kier molecular flexibility index (Phi) is 6.40. The Morgan fingerprint density at radius 3 is 2.20 bits per heavy atom. The maximum atomic E-state index is 12.1. The van der Waals surface area contributed by atoms with Crippen molar-refractivity contribution in [3.63, 3.8) is 0 Å². The molecule has 1 aromatic rings.